The summed E-state index contributed by atoms with van der Waals surface area (Å²) in [6.45, 7) is -0.0203. The maximum Gasteiger partial charge on any atom is 0.258 e. The molecule has 1 aliphatic carbocycles. The van der Waals surface area contributed by atoms with E-state index in [4.69, 9.17) is 10.5 Å². The van der Waals surface area contributed by atoms with Gasteiger partial charge in [0, 0.05) is 30.9 Å². The predicted molar refractivity (Wildman–Crippen MR) is 91.3 cm³/mol. The number of nitrogens with zero attached hydrogens (tertiary/aromatic N) is 2. The van der Waals surface area contributed by atoms with Gasteiger partial charge in [-0.15, -0.1) is 0 Å². The molecule has 1 amide bonds. The van der Waals surface area contributed by atoms with Gasteiger partial charge in [-0.2, -0.15) is 5.10 Å². The number of nitrogens with one attached hydrogen (secondary N) is 1. The number of nitrogens with two attached hydrogens (primary N) is 1. The number of hydrogen-bond acceptors (Lipinski definition) is 4. The smallest absolute Gasteiger partial charge is 0.258 e. The number of rotatable bonds is 5. The second kappa shape index (κ2) is 7.49. The van der Waals surface area contributed by atoms with Gasteiger partial charge in [0.2, 0.25) is 0 Å². The van der Waals surface area contributed by atoms with Crippen molar-refractivity contribution in [2.45, 2.75) is 37.8 Å². The van der Waals surface area contributed by atoms with Crippen molar-refractivity contribution in [2.24, 2.45) is 12.8 Å². The van der Waals surface area contributed by atoms with Crippen LogP contribution in [0.5, 0.6) is 5.75 Å². The molecule has 1 fully saturated rings. The number of aryl methyl sites for hydroxylation is 1. The summed E-state index contributed by atoms with van der Waals surface area (Å²) < 4.78 is 7.34. The summed E-state index contributed by atoms with van der Waals surface area (Å²) in [6.07, 6.45) is 7.86. The number of aromatic nitrogens is 2. The lowest BCUT2D eigenvalue weighted by molar-refractivity contribution is -0.124. The largest absolute Gasteiger partial charge is 0.484 e. The monoisotopic (exact) mass is 327 g/mol. The number of carbonyl (C=O) groups is 1. The predicted octanol–water partition coefficient (Wildman–Crippen LogP) is 1.65. The lowest BCUT2D eigenvalue weighted by atomic mass is 9.91. The van der Waals surface area contributed by atoms with Crippen LogP contribution in [0.25, 0.3) is 11.1 Å². The quantitative estimate of drug-likeness (QED) is 0.875. The number of ether oxygens (including phenoxy) is 1. The zero-order valence-corrected chi connectivity index (χ0v) is 13.9. The van der Waals surface area contributed by atoms with Gasteiger partial charge in [0.05, 0.1) is 6.20 Å². The van der Waals surface area contributed by atoms with E-state index in [0.717, 1.165) is 36.8 Å². The average Bonchev–Trinajstić information content (AvgIpc) is 3.02. The fraction of sp³-hybridized carbons (Fsp3) is 0.444. The molecule has 1 radical (unpaired) electrons. The molecule has 3 N–H and O–H groups in total. The molecule has 3 rings (SSSR count). The van der Waals surface area contributed by atoms with Gasteiger partial charge in [-0.3, -0.25) is 9.48 Å². The van der Waals surface area contributed by atoms with Crippen LogP contribution in [-0.4, -0.2) is 34.4 Å². The van der Waals surface area contributed by atoms with Gasteiger partial charge in [-0.25, -0.2) is 0 Å². The maximum atomic E-state index is 12.1. The second-order valence-corrected chi connectivity index (χ2v) is 6.27. The Labute approximate surface area is 142 Å². The van der Waals surface area contributed by atoms with Crippen LogP contribution in [0.4, 0.5) is 0 Å². The average molecular weight is 327 g/mol. The summed E-state index contributed by atoms with van der Waals surface area (Å²) in [5.41, 5.74) is 7.99. The zero-order chi connectivity index (χ0) is 16.9. The first kappa shape index (κ1) is 16.5. The maximum absolute atomic E-state index is 12.1. The fourth-order valence-electron chi connectivity index (χ4n) is 3.01. The van der Waals surface area contributed by atoms with Crippen molar-refractivity contribution in [1.82, 2.24) is 15.1 Å². The number of amides is 1. The van der Waals surface area contributed by atoms with E-state index in [0.29, 0.717) is 5.75 Å². The van der Waals surface area contributed by atoms with Crippen LogP contribution in [0.2, 0.25) is 0 Å². The van der Waals surface area contributed by atoms with Crippen molar-refractivity contribution in [3.05, 3.63) is 36.7 Å². The van der Waals surface area contributed by atoms with Gasteiger partial charge in [0.25, 0.3) is 5.91 Å². The Morgan fingerprint density at radius 3 is 3.00 bits per heavy atom. The molecule has 1 aliphatic rings. The molecule has 0 aliphatic heterocycles. The van der Waals surface area contributed by atoms with Gasteiger partial charge in [0.1, 0.15) is 5.75 Å². The molecule has 1 heterocycles. The van der Waals surface area contributed by atoms with Gasteiger partial charge in [-0.05, 0) is 42.7 Å². The van der Waals surface area contributed by atoms with E-state index in [1.54, 1.807) is 16.9 Å². The highest BCUT2D eigenvalue weighted by molar-refractivity contribution is 5.78. The van der Waals surface area contributed by atoms with Gasteiger partial charge in [0.15, 0.2) is 6.61 Å². The molecule has 6 heteroatoms. The summed E-state index contributed by atoms with van der Waals surface area (Å²) in [6, 6.07) is 8.61. The topological polar surface area (TPSA) is 82.2 Å². The van der Waals surface area contributed by atoms with E-state index in [9.17, 15) is 4.79 Å². The number of benzene rings is 1. The standard InChI is InChI=1S/C18H23N4O2/c1-22-11-14(10-20-22)13-5-4-6-15(9-13)24-12-18(23)21-17-8-3-2-7-16(17)19/h5-6,9-11,16-17H,2-3,7-8,12,19H2,1H3,(H,21,23)/t16-,17-/m1/s1. The molecule has 0 spiro atoms. The zero-order valence-electron chi connectivity index (χ0n) is 13.9. The minimum Gasteiger partial charge on any atom is -0.484 e. The summed E-state index contributed by atoms with van der Waals surface area (Å²) in [7, 11) is 1.87. The molecular weight excluding hydrogens is 304 g/mol. The van der Waals surface area contributed by atoms with Crippen LogP contribution >= 0.6 is 0 Å². The van der Waals surface area contributed by atoms with Gasteiger partial charge in [-0.1, -0.05) is 12.8 Å². The van der Waals surface area contributed by atoms with Crippen molar-refractivity contribution < 1.29 is 9.53 Å². The van der Waals surface area contributed by atoms with E-state index in [2.05, 4.69) is 16.5 Å². The first-order valence-electron chi connectivity index (χ1n) is 8.30. The molecule has 1 aromatic carbocycles. The SMILES string of the molecule is Cn1cc(-c2c[c]cc(OCC(=O)N[C@@H]3CCCC[C@H]3N)c2)cn1. The molecule has 127 valence electrons. The highest BCUT2D eigenvalue weighted by atomic mass is 16.5. The van der Waals surface area contributed by atoms with Crippen molar-refractivity contribution in [1.29, 1.82) is 0 Å². The number of hydrogen-bond donors (Lipinski definition) is 2. The third-order valence-electron chi connectivity index (χ3n) is 4.34. The summed E-state index contributed by atoms with van der Waals surface area (Å²) in [5, 5.41) is 7.13. The van der Waals surface area contributed by atoms with Crippen LogP contribution in [0.3, 0.4) is 0 Å². The molecule has 0 saturated heterocycles. The Bertz CT molecular complexity index is 698. The first-order chi connectivity index (χ1) is 11.6. The molecule has 6 nitrogen and oxygen atoms in total. The molecule has 2 atom stereocenters. The Hall–Kier alpha value is -2.34. The molecule has 1 aromatic heterocycles. The molecular formula is C18H23N4O2. The Kier molecular flexibility index (Phi) is 5.15. The van der Waals surface area contributed by atoms with E-state index in [1.165, 1.54) is 0 Å². The Morgan fingerprint density at radius 1 is 1.42 bits per heavy atom. The molecule has 24 heavy (non-hydrogen) atoms. The van der Waals surface area contributed by atoms with E-state index < -0.39 is 0 Å². The highest BCUT2D eigenvalue weighted by Crippen LogP contribution is 2.23. The molecule has 2 aromatic rings. The molecule has 0 bridgehead atoms. The normalized spacial score (nSPS) is 20.6. The lowest BCUT2D eigenvalue weighted by Crippen LogP contribution is -2.50. The van der Waals surface area contributed by atoms with Gasteiger partial charge >= 0.3 is 0 Å². The van der Waals surface area contributed by atoms with Crippen LogP contribution in [-0.2, 0) is 11.8 Å². The van der Waals surface area contributed by atoms with Gasteiger partial charge < -0.3 is 15.8 Å². The lowest BCUT2D eigenvalue weighted by Gasteiger charge is -2.29. The van der Waals surface area contributed by atoms with E-state index >= 15 is 0 Å². The third-order valence-corrected chi connectivity index (χ3v) is 4.34. The second-order valence-electron chi connectivity index (χ2n) is 6.27. The number of carbonyl (C=O) groups excluding carboxylic acids is 1. The van der Waals surface area contributed by atoms with Crippen LogP contribution in [0.15, 0.2) is 30.6 Å². The third kappa shape index (κ3) is 4.14. The summed E-state index contributed by atoms with van der Waals surface area (Å²) in [5.74, 6) is 0.476. The van der Waals surface area contributed by atoms with Crippen LogP contribution < -0.4 is 15.8 Å². The first-order valence-corrected chi connectivity index (χ1v) is 8.30. The minimum atomic E-state index is -0.135. The highest BCUT2D eigenvalue weighted by Gasteiger charge is 2.23. The van der Waals surface area contributed by atoms with E-state index in [-0.39, 0.29) is 24.6 Å². The van der Waals surface area contributed by atoms with Crippen molar-refractivity contribution in [3.63, 3.8) is 0 Å². The molecule has 1 saturated carbocycles. The van der Waals surface area contributed by atoms with Crippen LogP contribution in [0.1, 0.15) is 25.7 Å². The molecule has 0 unspecified atom stereocenters. The van der Waals surface area contributed by atoms with Crippen molar-refractivity contribution in [2.75, 3.05) is 6.61 Å². The Morgan fingerprint density at radius 2 is 2.25 bits per heavy atom. The summed E-state index contributed by atoms with van der Waals surface area (Å²) in [4.78, 5) is 12.1. The fourth-order valence-corrected chi connectivity index (χ4v) is 3.01. The van der Waals surface area contributed by atoms with Crippen molar-refractivity contribution in [3.8, 4) is 16.9 Å². The minimum absolute atomic E-state index is 0.0203. The van der Waals surface area contributed by atoms with E-state index in [1.807, 2.05) is 25.4 Å². The van der Waals surface area contributed by atoms with Crippen molar-refractivity contribution >= 4 is 5.91 Å². The van der Waals surface area contributed by atoms with Crippen LogP contribution in [0, 0.1) is 6.07 Å². The summed E-state index contributed by atoms with van der Waals surface area (Å²) >= 11 is 0. The Balaban J connectivity index is 1.55.